The molecule has 1 saturated carbocycles. The van der Waals surface area contributed by atoms with Gasteiger partial charge in [0.15, 0.2) is 0 Å². The fourth-order valence-electron chi connectivity index (χ4n) is 4.00. The van der Waals surface area contributed by atoms with Gasteiger partial charge in [0.1, 0.15) is 16.8 Å². The first-order valence-corrected chi connectivity index (χ1v) is 10.2. The second kappa shape index (κ2) is 7.77. The van der Waals surface area contributed by atoms with E-state index in [0.717, 1.165) is 24.8 Å². The third kappa shape index (κ3) is 3.80. The maximum absolute atomic E-state index is 12.8. The van der Waals surface area contributed by atoms with Crippen molar-refractivity contribution in [1.82, 2.24) is 19.5 Å². The second-order valence-electron chi connectivity index (χ2n) is 8.53. The van der Waals surface area contributed by atoms with E-state index in [9.17, 15) is 15.0 Å². The Bertz CT molecular complexity index is 1120. The number of anilines is 1. The van der Waals surface area contributed by atoms with Gasteiger partial charge in [0.2, 0.25) is 0 Å². The average molecular weight is 409 g/mol. The molecule has 0 amide bonds. The Labute approximate surface area is 174 Å². The molecule has 1 aliphatic rings. The van der Waals surface area contributed by atoms with Crippen molar-refractivity contribution in [3.8, 4) is 11.3 Å². The Balaban J connectivity index is 1.82. The second-order valence-corrected chi connectivity index (χ2v) is 8.53. The summed E-state index contributed by atoms with van der Waals surface area (Å²) in [6, 6.07) is 5.46. The summed E-state index contributed by atoms with van der Waals surface area (Å²) in [7, 11) is 1.66. The van der Waals surface area contributed by atoms with Crippen molar-refractivity contribution in [3.63, 3.8) is 0 Å². The minimum Gasteiger partial charge on any atom is -0.396 e. The molecule has 3 heterocycles. The lowest BCUT2D eigenvalue weighted by atomic mass is 10.0. The molecule has 0 saturated heterocycles. The number of aliphatic hydroxyl groups excluding tert-OH is 1. The number of nitrogens with one attached hydrogen (secondary N) is 1. The topological polar surface area (TPSA) is 113 Å². The van der Waals surface area contributed by atoms with Crippen LogP contribution < -0.4 is 10.9 Å². The van der Waals surface area contributed by atoms with Crippen LogP contribution in [-0.2, 0) is 12.6 Å². The number of fused-ring (bicyclic) bond motifs is 1. The maximum Gasteiger partial charge on any atom is 0.264 e. The summed E-state index contributed by atoms with van der Waals surface area (Å²) in [4.78, 5) is 26.4. The van der Waals surface area contributed by atoms with Crippen molar-refractivity contribution >= 4 is 16.7 Å². The monoisotopic (exact) mass is 409 g/mol. The average Bonchev–Trinajstić information content (AvgIpc) is 3.17. The molecule has 1 aliphatic carbocycles. The molecule has 4 rings (SSSR count). The number of nitrogens with zero attached hydrogens (tertiary/aromatic N) is 4. The number of hydrogen-bond donors (Lipinski definition) is 3. The van der Waals surface area contributed by atoms with Crippen LogP contribution in [-0.4, -0.2) is 42.4 Å². The molecule has 3 aromatic heterocycles. The number of hydrogen-bond acceptors (Lipinski definition) is 7. The van der Waals surface area contributed by atoms with Crippen molar-refractivity contribution in [2.75, 3.05) is 11.9 Å². The van der Waals surface area contributed by atoms with Crippen LogP contribution >= 0.6 is 0 Å². The lowest BCUT2D eigenvalue weighted by Crippen LogP contribution is -2.28. The molecular formula is C22H27N5O3. The molecule has 3 N–H and O–H groups in total. The maximum atomic E-state index is 12.8. The summed E-state index contributed by atoms with van der Waals surface area (Å²) in [5.74, 6) is 0.617. The summed E-state index contributed by atoms with van der Waals surface area (Å²) < 4.78 is 1.44. The van der Waals surface area contributed by atoms with Crippen LogP contribution in [0.5, 0.6) is 0 Å². The van der Waals surface area contributed by atoms with Gasteiger partial charge in [-0.05, 0) is 44.9 Å². The summed E-state index contributed by atoms with van der Waals surface area (Å²) in [6.45, 7) is 3.47. The van der Waals surface area contributed by atoms with Crippen molar-refractivity contribution in [2.24, 2.45) is 13.0 Å². The molecule has 0 aliphatic heterocycles. The van der Waals surface area contributed by atoms with Crippen molar-refractivity contribution in [2.45, 2.75) is 44.8 Å². The number of pyridine rings is 2. The number of aryl methyl sites for hydroxylation is 1. The molecule has 8 nitrogen and oxygen atoms in total. The van der Waals surface area contributed by atoms with Gasteiger partial charge in [-0.1, -0.05) is 6.42 Å². The van der Waals surface area contributed by atoms with Crippen LogP contribution in [0.25, 0.3) is 22.2 Å². The van der Waals surface area contributed by atoms with Gasteiger partial charge >= 0.3 is 0 Å². The Morgan fingerprint density at radius 3 is 2.73 bits per heavy atom. The first-order chi connectivity index (χ1) is 14.3. The van der Waals surface area contributed by atoms with Gasteiger partial charge in [-0.3, -0.25) is 9.78 Å². The van der Waals surface area contributed by atoms with E-state index in [0.29, 0.717) is 28.1 Å². The SMILES string of the molecule is Cn1cnc2cc(-c3ccc(C(C)(C)O)nc3)nc(NC3CCC[C@@H]3CO)c2c1=O. The highest BCUT2D eigenvalue weighted by molar-refractivity contribution is 5.91. The lowest BCUT2D eigenvalue weighted by molar-refractivity contribution is 0.0739. The highest BCUT2D eigenvalue weighted by atomic mass is 16.3. The lowest BCUT2D eigenvalue weighted by Gasteiger charge is -2.21. The minimum atomic E-state index is -1.03. The molecule has 0 bridgehead atoms. The molecule has 0 radical (unpaired) electrons. The van der Waals surface area contributed by atoms with E-state index in [1.54, 1.807) is 39.2 Å². The van der Waals surface area contributed by atoms with Crippen molar-refractivity contribution in [1.29, 1.82) is 0 Å². The highest BCUT2D eigenvalue weighted by Crippen LogP contribution is 2.31. The van der Waals surface area contributed by atoms with Gasteiger partial charge in [-0.2, -0.15) is 0 Å². The third-order valence-electron chi connectivity index (χ3n) is 5.80. The molecule has 0 aromatic carbocycles. The molecule has 1 fully saturated rings. The van der Waals surface area contributed by atoms with Gasteiger partial charge < -0.3 is 20.1 Å². The minimum absolute atomic E-state index is 0.0570. The van der Waals surface area contributed by atoms with Crippen molar-refractivity contribution < 1.29 is 10.2 Å². The van der Waals surface area contributed by atoms with Crippen LogP contribution in [0.3, 0.4) is 0 Å². The molecule has 158 valence electrons. The van der Waals surface area contributed by atoms with E-state index in [2.05, 4.69) is 15.3 Å². The summed E-state index contributed by atoms with van der Waals surface area (Å²) in [5, 5.41) is 23.7. The standard InChI is InChI=1S/C22H27N5O3/c1-22(2,30)18-8-7-13(10-23-18)16-9-17-19(21(29)27(3)12-24-17)20(26-16)25-15-6-4-5-14(15)11-28/h7-10,12,14-15,28,30H,4-6,11H2,1-3H3,(H,25,26)/t14-,15?/m1/s1. The van der Waals surface area contributed by atoms with E-state index in [-0.39, 0.29) is 24.1 Å². The molecule has 2 atom stereocenters. The zero-order chi connectivity index (χ0) is 21.5. The zero-order valence-corrected chi connectivity index (χ0v) is 17.5. The first kappa shape index (κ1) is 20.4. The van der Waals surface area contributed by atoms with Crippen LogP contribution in [0.4, 0.5) is 5.82 Å². The van der Waals surface area contributed by atoms with E-state index in [1.807, 2.05) is 6.07 Å². The van der Waals surface area contributed by atoms with Gasteiger partial charge in [-0.25, -0.2) is 9.97 Å². The largest absolute Gasteiger partial charge is 0.396 e. The number of rotatable bonds is 5. The quantitative estimate of drug-likeness (QED) is 0.592. The molecule has 30 heavy (non-hydrogen) atoms. The first-order valence-electron chi connectivity index (χ1n) is 10.2. The Hall–Kier alpha value is -2.84. The predicted octanol–water partition coefficient (Wildman–Crippen LogP) is 2.19. The number of aromatic nitrogens is 4. The molecule has 8 heteroatoms. The van der Waals surface area contributed by atoms with E-state index in [4.69, 9.17) is 4.98 Å². The number of aliphatic hydroxyl groups is 2. The van der Waals surface area contributed by atoms with Gasteiger partial charge in [0, 0.05) is 37.4 Å². The van der Waals surface area contributed by atoms with Crippen LogP contribution in [0.2, 0.25) is 0 Å². The van der Waals surface area contributed by atoms with Gasteiger partial charge in [0.05, 0.1) is 23.2 Å². The van der Waals surface area contributed by atoms with Crippen LogP contribution in [0, 0.1) is 5.92 Å². The summed E-state index contributed by atoms with van der Waals surface area (Å²) in [6.07, 6.45) is 6.06. The van der Waals surface area contributed by atoms with E-state index < -0.39 is 5.60 Å². The van der Waals surface area contributed by atoms with E-state index in [1.165, 1.54) is 10.9 Å². The van der Waals surface area contributed by atoms with E-state index >= 15 is 0 Å². The fraction of sp³-hybridized carbons (Fsp3) is 0.455. The molecular weight excluding hydrogens is 382 g/mol. The fourth-order valence-corrected chi connectivity index (χ4v) is 4.00. The Kier molecular flexibility index (Phi) is 5.29. The third-order valence-corrected chi connectivity index (χ3v) is 5.80. The van der Waals surface area contributed by atoms with Crippen molar-refractivity contribution in [3.05, 3.63) is 46.8 Å². The Morgan fingerprint density at radius 1 is 1.27 bits per heavy atom. The predicted molar refractivity (Wildman–Crippen MR) is 115 cm³/mol. The van der Waals surface area contributed by atoms with Crippen LogP contribution in [0.1, 0.15) is 38.8 Å². The molecule has 1 unspecified atom stereocenters. The summed E-state index contributed by atoms with van der Waals surface area (Å²) in [5.41, 5.74) is 1.32. The van der Waals surface area contributed by atoms with Gasteiger partial charge in [-0.15, -0.1) is 0 Å². The van der Waals surface area contributed by atoms with Gasteiger partial charge in [0.25, 0.3) is 5.56 Å². The summed E-state index contributed by atoms with van der Waals surface area (Å²) >= 11 is 0. The molecule has 3 aromatic rings. The van der Waals surface area contributed by atoms with Crippen LogP contribution in [0.15, 0.2) is 35.5 Å². The normalized spacial score (nSPS) is 19.4. The zero-order valence-electron chi connectivity index (χ0n) is 17.5. The molecule has 0 spiro atoms. The smallest absolute Gasteiger partial charge is 0.264 e. The Morgan fingerprint density at radius 2 is 2.07 bits per heavy atom. The highest BCUT2D eigenvalue weighted by Gasteiger charge is 2.28.